The molecule has 2 fully saturated rings. The second-order valence-corrected chi connectivity index (χ2v) is 6.02. The quantitative estimate of drug-likeness (QED) is 0.861. The molecule has 0 aromatic heterocycles. The maximum Gasteiger partial charge on any atom is 0.0826 e. The van der Waals surface area contributed by atoms with Crippen LogP contribution in [0.4, 0.5) is 0 Å². The van der Waals surface area contributed by atoms with Crippen LogP contribution >= 0.6 is 0 Å². The van der Waals surface area contributed by atoms with Crippen LogP contribution in [0.15, 0.2) is 24.3 Å². The summed E-state index contributed by atoms with van der Waals surface area (Å²) < 4.78 is 5.86. The predicted molar refractivity (Wildman–Crippen MR) is 81.9 cm³/mol. The number of nitrogens with one attached hydrogen (secondary N) is 1. The van der Waals surface area contributed by atoms with Crippen molar-refractivity contribution in [2.45, 2.75) is 44.9 Å². The zero-order valence-electron chi connectivity index (χ0n) is 12.5. The van der Waals surface area contributed by atoms with Crippen molar-refractivity contribution in [3.63, 3.8) is 0 Å². The van der Waals surface area contributed by atoms with Crippen molar-refractivity contribution in [3.8, 4) is 0 Å². The molecule has 1 aliphatic heterocycles. The van der Waals surface area contributed by atoms with E-state index in [-0.39, 0.29) is 0 Å². The Morgan fingerprint density at radius 3 is 2.65 bits per heavy atom. The number of morpholine rings is 1. The van der Waals surface area contributed by atoms with Gasteiger partial charge in [0.15, 0.2) is 0 Å². The molecule has 3 rings (SSSR count). The van der Waals surface area contributed by atoms with Crippen LogP contribution < -0.4 is 5.32 Å². The molecule has 0 radical (unpaired) electrons. The number of nitrogens with zero attached hydrogens (tertiary/aromatic N) is 1. The van der Waals surface area contributed by atoms with Crippen molar-refractivity contribution < 1.29 is 4.74 Å². The number of benzene rings is 1. The maximum atomic E-state index is 5.86. The van der Waals surface area contributed by atoms with Crippen LogP contribution in [0.2, 0.25) is 0 Å². The lowest BCUT2D eigenvalue weighted by Crippen LogP contribution is -2.47. The highest BCUT2D eigenvalue weighted by atomic mass is 16.5. The van der Waals surface area contributed by atoms with Gasteiger partial charge in [0.2, 0.25) is 0 Å². The van der Waals surface area contributed by atoms with E-state index in [1.54, 1.807) is 0 Å². The zero-order valence-corrected chi connectivity index (χ0v) is 12.5. The van der Waals surface area contributed by atoms with E-state index in [0.717, 1.165) is 45.2 Å². The Morgan fingerprint density at radius 2 is 1.95 bits per heavy atom. The standard InChI is InChI=1S/C17H26N2O/c1-2-14-3-5-15(6-4-14)11-18-12-17-13-19(9-10-20-17)16-7-8-16/h3-6,16-18H,2,7-13H2,1H3. The normalized spacial score (nSPS) is 23.9. The third-order valence-electron chi connectivity index (χ3n) is 4.37. The summed E-state index contributed by atoms with van der Waals surface area (Å²) in [5.74, 6) is 0. The average molecular weight is 274 g/mol. The molecule has 1 heterocycles. The minimum absolute atomic E-state index is 0.360. The molecule has 1 atom stereocenters. The monoisotopic (exact) mass is 274 g/mol. The molecule has 1 saturated heterocycles. The third kappa shape index (κ3) is 3.81. The Hall–Kier alpha value is -0.900. The molecule has 110 valence electrons. The summed E-state index contributed by atoms with van der Waals surface area (Å²) in [5.41, 5.74) is 2.77. The van der Waals surface area contributed by atoms with Crippen LogP contribution in [0.1, 0.15) is 30.9 Å². The highest BCUT2D eigenvalue weighted by molar-refractivity contribution is 5.22. The Kier molecular flexibility index (Phi) is 4.71. The Labute approximate surface area is 122 Å². The van der Waals surface area contributed by atoms with Crippen molar-refractivity contribution in [1.29, 1.82) is 0 Å². The average Bonchev–Trinajstić information content (AvgIpc) is 3.33. The molecule has 0 amide bonds. The van der Waals surface area contributed by atoms with Gasteiger partial charge in [-0.2, -0.15) is 0 Å². The van der Waals surface area contributed by atoms with Gasteiger partial charge in [-0.15, -0.1) is 0 Å². The molecule has 1 aromatic rings. The molecular weight excluding hydrogens is 248 g/mol. The molecule has 1 aromatic carbocycles. The van der Waals surface area contributed by atoms with Gasteiger partial charge in [-0.1, -0.05) is 31.2 Å². The minimum atomic E-state index is 0.360. The van der Waals surface area contributed by atoms with Crippen molar-refractivity contribution in [2.24, 2.45) is 0 Å². The van der Waals surface area contributed by atoms with E-state index in [9.17, 15) is 0 Å². The molecule has 0 spiro atoms. The van der Waals surface area contributed by atoms with Gasteiger partial charge in [-0.3, -0.25) is 4.90 Å². The van der Waals surface area contributed by atoms with Gasteiger partial charge in [0, 0.05) is 32.2 Å². The van der Waals surface area contributed by atoms with Crippen LogP contribution in [0.3, 0.4) is 0 Å². The van der Waals surface area contributed by atoms with E-state index in [2.05, 4.69) is 41.4 Å². The van der Waals surface area contributed by atoms with Gasteiger partial charge in [-0.05, 0) is 30.4 Å². The van der Waals surface area contributed by atoms with Crippen molar-refractivity contribution in [2.75, 3.05) is 26.2 Å². The third-order valence-corrected chi connectivity index (χ3v) is 4.37. The number of aryl methyl sites for hydroxylation is 1. The van der Waals surface area contributed by atoms with Gasteiger partial charge in [0.1, 0.15) is 0 Å². The number of ether oxygens (including phenoxy) is 1. The fraction of sp³-hybridized carbons (Fsp3) is 0.647. The van der Waals surface area contributed by atoms with Gasteiger partial charge >= 0.3 is 0 Å². The fourth-order valence-corrected chi connectivity index (χ4v) is 2.91. The predicted octanol–water partition coefficient (Wildman–Crippen LogP) is 2.20. The van der Waals surface area contributed by atoms with Crippen LogP contribution in [-0.4, -0.2) is 43.3 Å². The lowest BCUT2D eigenvalue weighted by atomic mass is 10.1. The van der Waals surface area contributed by atoms with Crippen molar-refractivity contribution in [3.05, 3.63) is 35.4 Å². The second kappa shape index (κ2) is 6.70. The summed E-state index contributed by atoms with van der Waals surface area (Å²) in [6.07, 6.45) is 4.26. The van der Waals surface area contributed by atoms with E-state index in [4.69, 9.17) is 4.74 Å². The lowest BCUT2D eigenvalue weighted by Gasteiger charge is -2.33. The molecule has 1 aliphatic carbocycles. The van der Waals surface area contributed by atoms with Gasteiger partial charge in [0.25, 0.3) is 0 Å². The van der Waals surface area contributed by atoms with E-state index in [1.807, 2.05) is 0 Å². The van der Waals surface area contributed by atoms with Crippen molar-refractivity contribution in [1.82, 2.24) is 10.2 Å². The molecule has 1 saturated carbocycles. The summed E-state index contributed by atoms with van der Waals surface area (Å²) >= 11 is 0. The molecule has 1 N–H and O–H groups in total. The fourth-order valence-electron chi connectivity index (χ4n) is 2.91. The van der Waals surface area contributed by atoms with E-state index < -0.39 is 0 Å². The van der Waals surface area contributed by atoms with Crippen LogP contribution in [0, 0.1) is 0 Å². The number of hydrogen-bond donors (Lipinski definition) is 1. The van der Waals surface area contributed by atoms with Crippen LogP contribution in [0.25, 0.3) is 0 Å². The first-order chi connectivity index (χ1) is 9.85. The topological polar surface area (TPSA) is 24.5 Å². The molecule has 20 heavy (non-hydrogen) atoms. The van der Waals surface area contributed by atoms with Crippen LogP contribution in [0.5, 0.6) is 0 Å². The molecule has 3 heteroatoms. The zero-order chi connectivity index (χ0) is 13.8. The van der Waals surface area contributed by atoms with E-state index >= 15 is 0 Å². The minimum Gasteiger partial charge on any atom is -0.374 e. The SMILES string of the molecule is CCc1ccc(CNCC2CN(C3CC3)CCO2)cc1. The molecular formula is C17H26N2O. The molecule has 2 aliphatic rings. The molecule has 0 bridgehead atoms. The summed E-state index contributed by atoms with van der Waals surface area (Å²) in [4.78, 5) is 2.60. The first-order valence-electron chi connectivity index (χ1n) is 7.99. The van der Waals surface area contributed by atoms with E-state index in [0.29, 0.717) is 6.10 Å². The Bertz CT molecular complexity index is 414. The van der Waals surface area contributed by atoms with Gasteiger partial charge in [-0.25, -0.2) is 0 Å². The van der Waals surface area contributed by atoms with Crippen LogP contribution in [-0.2, 0) is 17.7 Å². The Balaban J connectivity index is 1.40. The number of rotatable bonds is 6. The van der Waals surface area contributed by atoms with Gasteiger partial charge < -0.3 is 10.1 Å². The summed E-state index contributed by atoms with van der Waals surface area (Å²) in [6.45, 7) is 7.21. The van der Waals surface area contributed by atoms with Crippen molar-refractivity contribution >= 4 is 0 Å². The summed E-state index contributed by atoms with van der Waals surface area (Å²) in [6, 6.07) is 9.77. The largest absolute Gasteiger partial charge is 0.374 e. The Morgan fingerprint density at radius 1 is 1.20 bits per heavy atom. The highest BCUT2D eigenvalue weighted by Crippen LogP contribution is 2.28. The van der Waals surface area contributed by atoms with Gasteiger partial charge in [0.05, 0.1) is 12.7 Å². The lowest BCUT2D eigenvalue weighted by molar-refractivity contribution is -0.0301. The summed E-state index contributed by atoms with van der Waals surface area (Å²) in [7, 11) is 0. The smallest absolute Gasteiger partial charge is 0.0826 e. The molecule has 1 unspecified atom stereocenters. The molecule has 3 nitrogen and oxygen atoms in total. The maximum absolute atomic E-state index is 5.86. The van der Waals surface area contributed by atoms with E-state index in [1.165, 1.54) is 24.0 Å². The highest BCUT2D eigenvalue weighted by Gasteiger charge is 2.32. The second-order valence-electron chi connectivity index (χ2n) is 6.02. The first kappa shape index (κ1) is 14.1. The number of hydrogen-bond acceptors (Lipinski definition) is 3. The first-order valence-corrected chi connectivity index (χ1v) is 7.99. The summed E-state index contributed by atoms with van der Waals surface area (Å²) in [5, 5.41) is 3.54.